The largest absolute Gasteiger partial charge is 0.462 e. The van der Waals surface area contributed by atoms with Crippen molar-refractivity contribution in [3.05, 3.63) is 34.4 Å². The van der Waals surface area contributed by atoms with Crippen LogP contribution in [0.4, 0.5) is 0 Å². The Morgan fingerprint density at radius 3 is 2.55 bits per heavy atom. The van der Waals surface area contributed by atoms with Crippen LogP contribution >= 0.6 is 0 Å². The molecule has 0 aliphatic heterocycles. The first-order valence-corrected chi connectivity index (χ1v) is 6.98. The van der Waals surface area contributed by atoms with Crippen molar-refractivity contribution in [2.75, 3.05) is 6.61 Å². The molecule has 0 fully saturated rings. The SMILES string of the molecule is CC(=O)OC/C=C(\C)CC1C=C(C)CC(=O)C1=C(C)C. The molecule has 110 valence electrons. The van der Waals surface area contributed by atoms with Crippen molar-refractivity contribution in [2.24, 2.45) is 5.92 Å². The molecule has 0 bridgehead atoms. The predicted octanol–water partition coefficient (Wildman–Crippen LogP) is 3.76. The van der Waals surface area contributed by atoms with Gasteiger partial charge in [-0.3, -0.25) is 9.59 Å². The van der Waals surface area contributed by atoms with Crippen molar-refractivity contribution in [2.45, 2.75) is 47.5 Å². The van der Waals surface area contributed by atoms with Gasteiger partial charge in [0.15, 0.2) is 5.78 Å². The number of esters is 1. The Kier molecular flexibility index (Phi) is 5.93. The summed E-state index contributed by atoms with van der Waals surface area (Å²) in [5.74, 6) is 0.111. The number of hydrogen-bond donors (Lipinski definition) is 0. The molecule has 1 aliphatic carbocycles. The first-order chi connectivity index (χ1) is 9.31. The maximum atomic E-state index is 12.2. The van der Waals surface area contributed by atoms with Crippen LogP contribution in [0.3, 0.4) is 0 Å². The zero-order valence-corrected chi connectivity index (χ0v) is 13.1. The highest BCUT2D eigenvalue weighted by Crippen LogP contribution is 2.32. The molecule has 0 amide bonds. The summed E-state index contributed by atoms with van der Waals surface area (Å²) in [6, 6.07) is 0. The van der Waals surface area contributed by atoms with Gasteiger partial charge in [-0.25, -0.2) is 0 Å². The van der Waals surface area contributed by atoms with Gasteiger partial charge in [0, 0.05) is 24.8 Å². The highest BCUT2D eigenvalue weighted by atomic mass is 16.5. The molecule has 1 rings (SSSR count). The summed E-state index contributed by atoms with van der Waals surface area (Å²) in [5.41, 5.74) is 4.30. The maximum Gasteiger partial charge on any atom is 0.302 e. The van der Waals surface area contributed by atoms with Crippen LogP contribution in [-0.2, 0) is 14.3 Å². The second-order valence-corrected chi connectivity index (χ2v) is 5.69. The number of ether oxygens (including phenoxy) is 1. The Balaban J connectivity index is 2.82. The topological polar surface area (TPSA) is 43.4 Å². The van der Waals surface area contributed by atoms with E-state index in [1.165, 1.54) is 6.92 Å². The summed E-state index contributed by atoms with van der Waals surface area (Å²) >= 11 is 0. The van der Waals surface area contributed by atoms with E-state index in [0.29, 0.717) is 13.0 Å². The minimum atomic E-state index is -0.275. The van der Waals surface area contributed by atoms with Crippen molar-refractivity contribution >= 4 is 11.8 Å². The fourth-order valence-corrected chi connectivity index (χ4v) is 2.58. The molecular formula is C17H24O3. The van der Waals surface area contributed by atoms with Gasteiger partial charge in [0.2, 0.25) is 0 Å². The van der Waals surface area contributed by atoms with Gasteiger partial charge in [-0.05, 0) is 40.2 Å². The number of carbonyl (C=O) groups is 2. The van der Waals surface area contributed by atoms with E-state index < -0.39 is 0 Å². The Bertz CT molecular complexity index is 488. The summed E-state index contributed by atoms with van der Waals surface area (Å²) in [5, 5.41) is 0. The molecule has 20 heavy (non-hydrogen) atoms. The fourth-order valence-electron chi connectivity index (χ4n) is 2.58. The smallest absolute Gasteiger partial charge is 0.302 e. The van der Waals surface area contributed by atoms with Gasteiger partial charge >= 0.3 is 5.97 Å². The van der Waals surface area contributed by atoms with Crippen LogP contribution in [0.5, 0.6) is 0 Å². The second kappa shape index (κ2) is 7.22. The molecule has 0 saturated carbocycles. The lowest BCUT2D eigenvalue weighted by Gasteiger charge is -2.24. The zero-order valence-electron chi connectivity index (χ0n) is 13.1. The van der Waals surface area contributed by atoms with E-state index in [1.807, 2.05) is 33.8 Å². The molecule has 0 heterocycles. The fraction of sp³-hybridized carbons (Fsp3) is 0.529. The molecule has 0 N–H and O–H groups in total. The lowest BCUT2D eigenvalue weighted by molar-refractivity contribution is -0.139. The first-order valence-electron chi connectivity index (χ1n) is 6.98. The molecule has 1 aliphatic rings. The predicted molar refractivity (Wildman–Crippen MR) is 80.3 cm³/mol. The maximum absolute atomic E-state index is 12.2. The van der Waals surface area contributed by atoms with Gasteiger partial charge in [-0.15, -0.1) is 0 Å². The van der Waals surface area contributed by atoms with Crippen molar-refractivity contribution in [1.82, 2.24) is 0 Å². The summed E-state index contributed by atoms with van der Waals surface area (Å²) in [7, 11) is 0. The number of rotatable bonds is 4. The quantitative estimate of drug-likeness (QED) is 0.446. The summed E-state index contributed by atoms with van der Waals surface area (Å²) < 4.78 is 4.91. The van der Waals surface area contributed by atoms with Gasteiger partial charge in [0.1, 0.15) is 6.61 Å². The van der Waals surface area contributed by atoms with Gasteiger partial charge in [0.25, 0.3) is 0 Å². The zero-order chi connectivity index (χ0) is 15.3. The molecule has 1 unspecified atom stereocenters. The van der Waals surface area contributed by atoms with Gasteiger partial charge in [0.05, 0.1) is 0 Å². The third kappa shape index (κ3) is 4.80. The standard InChI is InChI=1S/C17H24O3/c1-11(2)17-15(9-13(4)10-16(17)19)8-12(3)6-7-20-14(5)18/h6,9,15H,7-8,10H2,1-5H3/b12-6+. The van der Waals surface area contributed by atoms with E-state index in [4.69, 9.17) is 4.74 Å². The molecule has 1 atom stereocenters. The Morgan fingerprint density at radius 2 is 2.00 bits per heavy atom. The second-order valence-electron chi connectivity index (χ2n) is 5.69. The van der Waals surface area contributed by atoms with Crippen LogP contribution in [0.2, 0.25) is 0 Å². The van der Waals surface area contributed by atoms with E-state index in [1.54, 1.807) is 0 Å². The lowest BCUT2D eigenvalue weighted by Crippen LogP contribution is -2.19. The average molecular weight is 276 g/mol. The van der Waals surface area contributed by atoms with Crippen molar-refractivity contribution in [3.63, 3.8) is 0 Å². The molecular weight excluding hydrogens is 252 g/mol. The van der Waals surface area contributed by atoms with E-state index in [0.717, 1.165) is 28.7 Å². The summed E-state index contributed by atoms with van der Waals surface area (Å²) in [6.45, 7) is 9.70. The Labute approximate surface area is 121 Å². The molecule has 0 aromatic heterocycles. The molecule has 0 spiro atoms. The molecule has 3 heteroatoms. The lowest BCUT2D eigenvalue weighted by atomic mass is 9.80. The average Bonchev–Trinajstić information content (AvgIpc) is 2.26. The van der Waals surface area contributed by atoms with Crippen LogP contribution in [0.25, 0.3) is 0 Å². The Morgan fingerprint density at radius 1 is 1.35 bits per heavy atom. The van der Waals surface area contributed by atoms with E-state index in [2.05, 4.69) is 6.08 Å². The minimum Gasteiger partial charge on any atom is -0.462 e. The molecule has 0 saturated heterocycles. The van der Waals surface area contributed by atoms with E-state index >= 15 is 0 Å². The van der Waals surface area contributed by atoms with Crippen molar-refractivity contribution in [3.8, 4) is 0 Å². The van der Waals surface area contributed by atoms with E-state index in [9.17, 15) is 9.59 Å². The molecule has 0 radical (unpaired) electrons. The van der Waals surface area contributed by atoms with Crippen molar-refractivity contribution < 1.29 is 14.3 Å². The number of hydrogen-bond acceptors (Lipinski definition) is 3. The first kappa shape index (κ1) is 16.4. The van der Waals surface area contributed by atoms with Crippen molar-refractivity contribution in [1.29, 1.82) is 0 Å². The Hall–Kier alpha value is -1.64. The minimum absolute atomic E-state index is 0.148. The van der Waals surface area contributed by atoms with E-state index in [-0.39, 0.29) is 17.7 Å². The number of carbonyl (C=O) groups excluding carboxylic acids is 2. The van der Waals surface area contributed by atoms with Gasteiger partial charge in [-0.1, -0.05) is 22.8 Å². The third-order valence-electron chi connectivity index (χ3n) is 3.40. The number of ketones is 1. The highest BCUT2D eigenvalue weighted by molar-refractivity contribution is 5.99. The van der Waals surface area contributed by atoms with Crippen LogP contribution in [-0.4, -0.2) is 18.4 Å². The monoisotopic (exact) mass is 276 g/mol. The summed E-state index contributed by atoms with van der Waals surface area (Å²) in [4.78, 5) is 22.9. The van der Waals surface area contributed by atoms with Gasteiger partial charge < -0.3 is 4.74 Å². The molecule has 0 aromatic rings. The molecule has 0 aromatic carbocycles. The van der Waals surface area contributed by atoms with Crippen LogP contribution in [0.1, 0.15) is 47.5 Å². The van der Waals surface area contributed by atoms with Gasteiger partial charge in [-0.2, -0.15) is 0 Å². The highest BCUT2D eigenvalue weighted by Gasteiger charge is 2.25. The number of allylic oxidation sites excluding steroid dienone is 5. The molecule has 3 nitrogen and oxygen atoms in total. The normalized spacial score (nSPS) is 19.8. The van der Waals surface area contributed by atoms with Crippen LogP contribution in [0.15, 0.2) is 34.4 Å². The summed E-state index contributed by atoms with van der Waals surface area (Å²) in [6.07, 6.45) is 5.43. The van der Waals surface area contributed by atoms with Crippen LogP contribution in [0, 0.1) is 5.92 Å². The third-order valence-corrected chi connectivity index (χ3v) is 3.40. The van der Waals surface area contributed by atoms with Crippen LogP contribution < -0.4 is 0 Å². The number of Topliss-reactive ketones (excluding diaryl/α,β-unsaturated/α-hetero) is 1.